The summed E-state index contributed by atoms with van der Waals surface area (Å²) in [7, 11) is 0. The molecule has 396 valence electrons. The van der Waals surface area contributed by atoms with Gasteiger partial charge in [0.25, 0.3) is 11.1 Å². The fraction of sp³-hybridized carbons (Fsp3) is 0.0667. The van der Waals surface area contributed by atoms with Gasteiger partial charge in [-0.3, -0.25) is 34.4 Å². The Labute approximate surface area is 447 Å². The maximum atomic E-state index is 11.3. The first-order chi connectivity index (χ1) is 37.9. The Balaban J connectivity index is 0.000000174. The van der Waals surface area contributed by atoms with Crippen LogP contribution in [-0.4, -0.2) is 63.1 Å². The maximum absolute atomic E-state index is 11.3. The predicted molar refractivity (Wildman–Crippen MR) is 292 cm³/mol. The lowest BCUT2D eigenvalue weighted by molar-refractivity contribution is -0.904. The number of ketones is 1. The quantitative estimate of drug-likeness (QED) is 0.0613. The Morgan fingerprint density at radius 3 is 1.58 bits per heavy atom. The number of carboxylic acids is 1. The molecule has 0 saturated heterocycles. The number of para-hydroxylation sites is 1. The zero-order chi connectivity index (χ0) is 55.7. The molecule has 4 heterocycles. The van der Waals surface area contributed by atoms with Crippen molar-refractivity contribution >= 4 is 11.8 Å². The summed E-state index contributed by atoms with van der Waals surface area (Å²) in [6.45, 7) is -0.0956. The maximum Gasteiger partial charge on any atom is 0.397 e. The van der Waals surface area contributed by atoms with Gasteiger partial charge in [0.05, 0.1) is 24.4 Å². The summed E-state index contributed by atoms with van der Waals surface area (Å²) >= 11 is 0. The van der Waals surface area contributed by atoms with Crippen LogP contribution in [0.4, 0.5) is 0 Å². The summed E-state index contributed by atoms with van der Waals surface area (Å²) in [5.41, 5.74) is 4.59. The predicted octanol–water partition coefficient (Wildman–Crippen LogP) is 6.99. The van der Waals surface area contributed by atoms with Gasteiger partial charge in [-0.1, -0.05) is 181 Å². The molecule has 18 nitrogen and oxygen atoms in total. The van der Waals surface area contributed by atoms with Crippen molar-refractivity contribution in [1.29, 1.82) is 0 Å². The van der Waals surface area contributed by atoms with Crippen molar-refractivity contribution in [2.75, 3.05) is 6.61 Å². The molecule has 0 aliphatic rings. The minimum Gasteiger partial charge on any atom is -0.481 e. The van der Waals surface area contributed by atoms with E-state index in [0.29, 0.717) is 16.9 Å². The van der Waals surface area contributed by atoms with Crippen molar-refractivity contribution in [3.05, 3.63) is 314 Å². The molecule has 0 atom stereocenters. The van der Waals surface area contributed by atoms with E-state index in [4.69, 9.17) is 25.1 Å². The summed E-state index contributed by atoms with van der Waals surface area (Å²) in [4.78, 5) is 82.0. The third-order valence-electron chi connectivity index (χ3n) is 10.2. The number of carboxylic acid groups (broad SMARTS) is 1. The number of hydrogen-bond donors (Lipinski definition) is 5. The van der Waals surface area contributed by atoms with Crippen LogP contribution < -0.4 is 36.9 Å². The van der Waals surface area contributed by atoms with Gasteiger partial charge < -0.3 is 25.1 Å². The van der Waals surface area contributed by atoms with E-state index in [1.807, 2.05) is 152 Å². The van der Waals surface area contributed by atoms with Crippen molar-refractivity contribution in [2.45, 2.75) is 19.4 Å². The molecule has 0 unspecified atom stereocenters. The number of aromatic nitrogens is 6. The molecule has 0 saturated carbocycles. The van der Waals surface area contributed by atoms with Crippen molar-refractivity contribution < 1.29 is 44.6 Å². The summed E-state index contributed by atoms with van der Waals surface area (Å²) in [6, 6.07) is 66.5. The third-order valence-corrected chi connectivity index (χ3v) is 10.2. The lowest BCUT2D eigenvalue weighted by Gasteiger charge is -2.06. The number of carbonyl (C=O) groups is 2. The van der Waals surface area contributed by atoms with Crippen LogP contribution in [0.2, 0.25) is 0 Å². The summed E-state index contributed by atoms with van der Waals surface area (Å²) in [5.74, 6) is -0.602. The SMILES string of the molecule is O=C(CO)Cc1ccccc1.O=C(O)Cc1ccccc1.O=c1ccn(O)c(=O)n1Oc1ccccc1.O=c1ccn(OCc2ccccc2)c(=O)[nH]1.O[n+]1cccc(-c2ccccc2)c1.c1ccc(-c2cccnc2)cc1. The molecule has 0 amide bonds. The van der Waals surface area contributed by atoms with Gasteiger partial charge >= 0.3 is 17.3 Å². The number of nitrogens with one attached hydrogen (secondary N) is 1. The van der Waals surface area contributed by atoms with Crippen LogP contribution in [0.3, 0.4) is 0 Å². The van der Waals surface area contributed by atoms with E-state index in [1.165, 1.54) is 17.8 Å². The van der Waals surface area contributed by atoms with E-state index in [9.17, 15) is 34.0 Å². The zero-order valence-electron chi connectivity index (χ0n) is 41.9. The number of rotatable bonds is 12. The Morgan fingerprint density at radius 1 is 0.564 bits per heavy atom. The molecule has 0 fully saturated rings. The van der Waals surface area contributed by atoms with Crippen LogP contribution in [0.1, 0.15) is 16.7 Å². The number of carbonyl (C=O) groups excluding carboxylic acids is 1. The average molecular weight is 1050 g/mol. The number of benzene rings is 6. The Bertz CT molecular complexity index is 3530. The number of aliphatic hydroxyl groups is 1. The fourth-order valence-electron chi connectivity index (χ4n) is 6.43. The number of aliphatic hydroxyl groups excluding tert-OH is 1. The van der Waals surface area contributed by atoms with E-state index in [1.54, 1.807) is 61.1 Å². The number of aromatic amines is 1. The Kier molecular flexibility index (Phi) is 24.2. The van der Waals surface area contributed by atoms with Gasteiger partial charge in [-0.2, -0.15) is 0 Å². The first-order valence-corrected chi connectivity index (χ1v) is 23.8. The summed E-state index contributed by atoms with van der Waals surface area (Å²) in [5, 5.41) is 35.1. The molecule has 5 N–H and O–H groups in total. The molecule has 10 aromatic rings. The minimum atomic E-state index is -0.962. The summed E-state index contributed by atoms with van der Waals surface area (Å²) in [6.07, 6.45) is 9.61. The standard InChI is InChI=1S/C11H10N2O3.C11H10NO.C11H9N.C10H8N2O4.C9H10O2.C8H8O2/c14-10-6-7-13(11(15)12-10)16-8-9-4-2-1-3-5-9;13-12-8-4-7-11(9-12)10-5-2-1-3-6-10;1-2-5-10(6-3-1)11-7-4-8-12-9-11;13-9-6-7-11(15)10(14)12(9)16-8-4-2-1-3-5-8;10-7-9(11)6-8-4-2-1-3-5-8;9-8(10)6-7-4-2-1-3-5-7/h1-7H,8H2,(H,12,14,15);1-9,13H;1-9H;1-7,15H;1-5,10H,6-7H2;1-5H,6H2,(H,9,10)/q;+1;;;;. The molecule has 0 spiro atoms. The van der Waals surface area contributed by atoms with Gasteiger partial charge in [-0.25, -0.2) is 9.59 Å². The van der Waals surface area contributed by atoms with E-state index in [0.717, 1.165) is 55.1 Å². The second-order valence-corrected chi connectivity index (χ2v) is 16.0. The van der Waals surface area contributed by atoms with Gasteiger partial charge in [-0.05, 0) is 57.6 Å². The first kappa shape index (κ1) is 58.2. The number of nitrogens with zero attached hydrogens (tertiary/aromatic N) is 5. The molecule has 10 rings (SSSR count). The number of hydrogen-bond acceptors (Lipinski definition) is 12. The van der Waals surface area contributed by atoms with Crippen LogP contribution >= 0.6 is 0 Å². The largest absolute Gasteiger partial charge is 0.481 e. The number of pyridine rings is 2. The van der Waals surface area contributed by atoms with Crippen molar-refractivity contribution in [2.24, 2.45) is 0 Å². The van der Waals surface area contributed by atoms with E-state index >= 15 is 0 Å². The molecule has 78 heavy (non-hydrogen) atoms. The second-order valence-electron chi connectivity index (χ2n) is 16.0. The van der Waals surface area contributed by atoms with E-state index in [-0.39, 0.29) is 30.1 Å². The topological polar surface area (TPSA) is 249 Å². The van der Waals surface area contributed by atoms with Crippen LogP contribution in [0.15, 0.2) is 275 Å². The van der Waals surface area contributed by atoms with E-state index < -0.39 is 28.5 Å². The number of H-pyrrole nitrogens is 1. The molecule has 0 radical (unpaired) electrons. The molecule has 0 aliphatic heterocycles. The number of Topliss-reactive ketones (excluding diaryl/α,β-unsaturated/α-hetero) is 1. The normalized spacial score (nSPS) is 9.76. The van der Waals surface area contributed by atoms with Gasteiger partial charge in [0.15, 0.2) is 11.5 Å². The summed E-state index contributed by atoms with van der Waals surface area (Å²) < 4.78 is 2.79. The molecular weight excluding hydrogens is 997 g/mol. The second kappa shape index (κ2) is 32.5. The van der Waals surface area contributed by atoms with Gasteiger partial charge in [0.1, 0.15) is 13.2 Å². The van der Waals surface area contributed by atoms with Crippen LogP contribution in [0, 0.1) is 0 Å². The highest BCUT2D eigenvalue weighted by molar-refractivity contribution is 5.81. The van der Waals surface area contributed by atoms with Gasteiger partial charge in [0, 0.05) is 41.7 Å². The number of aliphatic carboxylic acids is 1. The van der Waals surface area contributed by atoms with Crippen molar-refractivity contribution in [3.8, 4) is 28.0 Å². The fourth-order valence-corrected chi connectivity index (χ4v) is 6.43. The molecule has 0 aliphatic carbocycles. The van der Waals surface area contributed by atoms with Crippen molar-refractivity contribution in [3.63, 3.8) is 0 Å². The first-order valence-electron chi connectivity index (χ1n) is 23.8. The Hall–Kier alpha value is -10.7. The van der Waals surface area contributed by atoms with Crippen molar-refractivity contribution in [1.82, 2.24) is 24.2 Å². The van der Waals surface area contributed by atoms with E-state index in [2.05, 4.69) is 28.2 Å². The minimum absolute atomic E-state index is 0.112. The molecule has 18 heteroatoms. The van der Waals surface area contributed by atoms with Gasteiger partial charge in [-0.15, -0.1) is 9.46 Å². The molecular formula is C60H55N6O12+. The highest BCUT2D eigenvalue weighted by Gasteiger charge is 2.07. The van der Waals surface area contributed by atoms with Crippen LogP contribution in [0.5, 0.6) is 5.75 Å². The van der Waals surface area contributed by atoms with Gasteiger partial charge in [0.2, 0.25) is 12.4 Å². The molecule has 4 aromatic heterocycles. The lowest BCUT2D eigenvalue weighted by Crippen LogP contribution is -2.40. The third kappa shape index (κ3) is 21.4. The average Bonchev–Trinajstić information content (AvgIpc) is 3.48. The van der Waals surface area contributed by atoms with Crippen LogP contribution in [0.25, 0.3) is 22.3 Å². The monoisotopic (exact) mass is 1050 g/mol. The highest BCUT2D eigenvalue weighted by atomic mass is 16.7. The molecule has 6 aromatic carbocycles. The zero-order valence-corrected chi connectivity index (χ0v) is 41.9. The molecule has 0 bridgehead atoms. The smallest absolute Gasteiger partial charge is 0.397 e. The lowest BCUT2D eigenvalue weighted by atomic mass is 10.1. The van der Waals surface area contributed by atoms with Crippen LogP contribution in [-0.2, 0) is 29.0 Å². The highest BCUT2D eigenvalue weighted by Crippen LogP contribution is 2.17. The Morgan fingerprint density at radius 2 is 1.06 bits per heavy atom.